The highest BCUT2D eigenvalue weighted by Gasteiger charge is 2.14. The van der Waals surface area contributed by atoms with Crippen LogP contribution < -0.4 is 11.1 Å². The lowest BCUT2D eigenvalue weighted by molar-refractivity contribution is 0.0935. The predicted octanol–water partition coefficient (Wildman–Crippen LogP) is 2.80. The summed E-state index contributed by atoms with van der Waals surface area (Å²) in [6.07, 6.45) is 1.58. The highest BCUT2D eigenvalue weighted by Crippen LogP contribution is 2.17. The number of thiazole rings is 1. The summed E-state index contributed by atoms with van der Waals surface area (Å²) in [5.41, 5.74) is 5.98. The van der Waals surface area contributed by atoms with Crippen LogP contribution in [0.1, 0.15) is 32.2 Å². The molecule has 2 rings (SSSR count). The summed E-state index contributed by atoms with van der Waals surface area (Å²) in [6.45, 7) is 4.66. The van der Waals surface area contributed by atoms with Crippen molar-refractivity contribution in [2.45, 2.75) is 32.7 Å². The van der Waals surface area contributed by atoms with E-state index in [2.05, 4.69) is 29.4 Å². The first-order valence-corrected chi connectivity index (χ1v) is 8.28. The lowest BCUT2D eigenvalue weighted by Crippen LogP contribution is -2.34. The lowest BCUT2D eigenvalue weighted by atomic mass is 10.2. The normalized spacial score (nSPS) is 11.8. The zero-order chi connectivity index (χ0) is 14.5. The quantitative estimate of drug-likeness (QED) is 0.845. The van der Waals surface area contributed by atoms with Crippen LogP contribution in [0.5, 0.6) is 0 Å². The molecule has 1 unspecified atom stereocenters. The van der Waals surface area contributed by atoms with Crippen molar-refractivity contribution in [1.82, 2.24) is 10.3 Å². The van der Waals surface area contributed by atoms with Crippen molar-refractivity contribution in [3.8, 4) is 0 Å². The van der Waals surface area contributed by atoms with Crippen LogP contribution in [0.25, 0.3) is 0 Å². The van der Waals surface area contributed by atoms with Crippen LogP contribution in [0.4, 0.5) is 0 Å². The Morgan fingerprint density at radius 2 is 2.24 bits per heavy atom. The van der Waals surface area contributed by atoms with Crippen LogP contribution in [0.3, 0.4) is 0 Å². The number of halogens is 1. The molecule has 7 heteroatoms. The van der Waals surface area contributed by atoms with Gasteiger partial charge in [-0.05, 0) is 32.5 Å². The summed E-state index contributed by atoms with van der Waals surface area (Å²) in [5, 5.41) is 5.70. The van der Waals surface area contributed by atoms with E-state index in [4.69, 9.17) is 5.73 Å². The molecule has 0 bridgehead atoms. The first-order valence-electron chi connectivity index (χ1n) is 6.59. The van der Waals surface area contributed by atoms with E-state index in [0.717, 1.165) is 17.8 Å². The van der Waals surface area contributed by atoms with Gasteiger partial charge in [0.15, 0.2) is 0 Å². The minimum Gasteiger partial charge on any atom is -0.348 e. The van der Waals surface area contributed by atoms with E-state index >= 15 is 0 Å². The topological polar surface area (TPSA) is 68.0 Å². The molecule has 116 valence electrons. The second-order valence-corrected chi connectivity index (χ2v) is 7.07. The van der Waals surface area contributed by atoms with Gasteiger partial charge in [0.2, 0.25) is 0 Å². The van der Waals surface area contributed by atoms with E-state index in [1.807, 2.05) is 6.92 Å². The molecule has 0 saturated carbocycles. The van der Waals surface area contributed by atoms with Crippen LogP contribution in [-0.4, -0.2) is 23.5 Å². The summed E-state index contributed by atoms with van der Waals surface area (Å²) in [5.74, 6) is -0.106. The van der Waals surface area contributed by atoms with Crippen molar-refractivity contribution >= 4 is 41.0 Å². The van der Waals surface area contributed by atoms with Gasteiger partial charge in [-0.1, -0.05) is 0 Å². The van der Waals surface area contributed by atoms with Crippen LogP contribution >= 0.6 is 35.1 Å². The first kappa shape index (κ1) is 18.1. The van der Waals surface area contributed by atoms with Gasteiger partial charge in [0, 0.05) is 34.0 Å². The summed E-state index contributed by atoms with van der Waals surface area (Å²) in [7, 11) is 0. The second-order valence-electron chi connectivity index (χ2n) is 4.76. The van der Waals surface area contributed by atoms with E-state index < -0.39 is 0 Å². The van der Waals surface area contributed by atoms with E-state index in [9.17, 15) is 4.79 Å². The zero-order valence-corrected chi connectivity index (χ0v) is 14.5. The number of carbonyl (C=O) groups excluding carboxylic acids is 1. The number of nitrogens with two attached hydrogens (primary N) is 1. The Morgan fingerprint density at radius 3 is 2.86 bits per heavy atom. The Kier molecular flexibility index (Phi) is 7.31. The highest BCUT2D eigenvalue weighted by atomic mass is 35.5. The van der Waals surface area contributed by atoms with Gasteiger partial charge in [0.1, 0.15) is 5.69 Å². The number of nitrogens with zero attached hydrogens (tertiary/aromatic N) is 1. The molecule has 0 aliphatic carbocycles. The summed E-state index contributed by atoms with van der Waals surface area (Å²) in [4.78, 5) is 19.0. The predicted molar refractivity (Wildman–Crippen MR) is 91.8 cm³/mol. The van der Waals surface area contributed by atoms with Gasteiger partial charge in [-0.15, -0.1) is 35.1 Å². The SMILES string of the molecule is Cc1ccc(CC(C)NC(=O)c2csc(CCN)n2)s1.Cl. The molecule has 3 N–H and O–H groups in total. The minimum atomic E-state index is -0.106. The largest absolute Gasteiger partial charge is 0.348 e. The molecule has 2 aromatic heterocycles. The fourth-order valence-corrected chi connectivity index (χ4v) is 3.71. The fraction of sp³-hybridized carbons (Fsp3) is 0.429. The molecule has 2 aromatic rings. The number of hydrogen-bond donors (Lipinski definition) is 2. The number of amides is 1. The van der Waals surface area contributed by atoms with Crippen molar-refractivity contribution in [2.24, 2.45) is 5.73 Å². The van der Waals surface area contributed by atoms with Crippen LogP contribution in [-0.2, 0) is 12.8 Å². The van der Waals surface area contributed by atoms with Gasteiger partial charge in [-0.2, -0.15) is 0 Å². The monoisotopic (exact) mass is 345 g/mol. The van der Waals surface area contributed by atoms with Crippen LogP contribution in [0.15, 0.2) is 17.5 Å². The molecule has 4 nitrogen and oxygen atoms in total. The number of carbonyl (C=O) groups is 1. The van der Waals surface area contributed by atoms with Crippen molar-refractivity contribution in [1.29, 1.82) is 0 Å². The zero-order valence-electron chi connectivity index (χ0n) is 12.1. The molecule has 1 amide bonds. The van der Waals surface area contributed by atoms with Gasteiger partial charge in [-0.25, -0.2) is 4.98 Å². The molecule has 1 atom stereocenters. The van der Waals surface area contributed by atoms with Gasteiger partial charge in [0.25, 0.3) is 5.91 Å². The molecule has 0 saturated heterocycles. The van der Waals surface area contributed by atoms with Gasteiger partial charge < -0.3 is 11.1 Å². The highest BCUT2D eigenvalue weighted by molar-refractivity contribution is 7.11. The van der Waals surface area contributed by atoms with E-state index in [1.54, 1.807) is 16.7 Å². The maximum atomic E-state index is 12.1. The number of thiophene rings is 1. The molecular weight excluding hydrogens is 326 g/mol. The third-order valence-electron chi connectivity index (χ3n) is 2.82. The van der Waals surface area contributed by atoms with Gasteiger partial charge in [-0.3, -0.25) is 4.79 Å². The fourth-order valence-electron chi connectivity index (χ4n) is 1.90. The Hall–Kier alpha value is -0.950. The Morgan fingerprint density at radius 1 is 1.48 bits per heavy atom. The average molecular weight is 346 g/mol. The number of hydrogen-bond acceptors (Lipinski definition) is 5. The molecule has 2 heterocycles. The van der Waals surface area contributed by atoms with E-state index in [1.165, 1.54) is 21.1 Å². The van der Waals surface area contributed by atoms with Gasteiger partial charge >= 0.3 is 0 Å². The van der Waals surface area contributed by atoms with Crippen molar-refractivity contribution in [2.75, 3.05) is 6.54 Å². The van der Waals surface area contributed by atoms with Crippen LogP contribution in [0, 0.1) is 6.92 Å². The molecule has 0 radical (unpaired) electrons. The second kappa shape index (κ2) is 8.48. The third kappa shape index (κ3) is 5.39. The third-order valence-corrected chi connectivity index (χ3v) is 4.76. The molecule has 0 aliphatic heterocycles. The Balaban J connectivity index is 0.00000220. The smallest absolute Gasteiger partial charge is 0.270 e. The number of nitrogens with one attached hydrogen (secondary N) is 1. The molecule has 0 aromatic carbocycles. The van der Waals surface area contributed by atoms with Crippen molar-refractivity contribution in [3.05, 3.63) is 38.0 Å². The maximum Gasteiger partial charge on any atom is 0.270 e. The number of aromatic nitrogens is 1. The van der Waals surface area contributed by atoms with Crippen LogP contribution in [0.2, 0.25) is 0 Å². The summed E-state index contributed by atoms with van der Waals surface area (Å²) < 4.78 is 0. The molecule has 0 aliphatic rings. The molecule has 0 spiro atoms. The number of rotatable bonds is 6. The van der Waals surface area contributed by atoms with Gasteiger partial charge in [0.05, 0.1) is 5.01 Å². The average Bonchev–Trinajstić information content (AvgIpc) is 2.99. The standard InChI is InChI=1S/C14H19N3OS2.ClH/c1-9(7-11-4-3-10(2)20-11)16-14(18)12-8-19-13(17-12)5-6-15;/h3-4,8-9H,5-7,15H2,1-2H3,(H,16,18);1H. The van der Waals surface area contributed by atoms with E-state index in [0.29, 0.717) is 12.2 Å². The van der Waals surface area contributed by atoms with Crippen molar-refractivity contribution < 1.29 is 4.79 Å². The minimum absolute atomic E-state index is 0. The van der Waals surface area contributed by atoms with E-state index in [-0.39, 0.29) is 24.4 Å². The molecule has 21 heavy (non-hydrogen) atoms. The Labute approximate surface area is 139 Å². The molecular formula is C14H20ClN3OS2. The maximum absolute atomic E-state index is 12.1. The first-order chi connectivity index (χ1) is 9.58. The van der Waals surface area contributed by atoms with Crippen molar-refractivity contribution in [3.63, 3.8) is 0 Å². The number of aryl methyl sites for hydroxylation is 1. The summed E-state index contributed by atoms with van der Waals surface area (Å²) >= 11 is 3.26. The summed E-state index contributed by atoms with van der Waals surface area (Å²) in [6, 6.07) is 4.32. The molecule has 0 fully saturated rings. The Bertz CT molecular complexity index is 582. The lowest BCUT2D eigenvalue weighted by Gasteiger charge is -2.11.